The van der Waals surface area contributed by atoms with Gasteiger partial charge >= 0.3 is 0 Å². The normalized spacial score (nSPS) is 11.5. The molecule has 8 heavy (non-hydrogen) atoms. The molecule has 46 valence electrons. The van der Waals surface area contributed by atoms with Crippen LogP contribution in [0.5, 0.6) is 0 Å². The number of hydrogen-bond donors (Lipinski definition) is 0. The van der Waals surface area contributed by atoms with Crippen LogP contribution in [0, 0.1) is 0 Å². The second-order valence-electron chi connectivity index (χ2n) is 1.74. The van der Waals surface area contributed by atoms with Gasteiger partial charge in [-0.3, -0.25) is 0 Å². The van der Waals surface area contributed by atoms with E-state index in [1.807, 2.05) is 6.08 Å². The molecule has 0 fully saturated rings. The van der Waals surface area contributed by atoms with Crippen molar-refractivity contribution >= 4 is 0 Å². The van der Waals surface area contributed by atoms with Crippen LogP contribution in [0.1, 0.15) is 26.7 Å². The lowest BCUT2D eigenvalue weighted by Gasteiger charge is -1.91. The van der Waals surface area contributed by atoms with E-state index in [1.165, 1.54) is 5.57 Å². The Labute approximate surface area is 51.9 Å². The third kappa shape index (κ3) is 2.62. The van der Waals surface area contributed by atoms with Crippen LogP contribution in [0.25, 0.3) is 0 Å². The molecule has 0 aromatic rings. The summed E-state index contributed by atoms with van der Waals surface area (Å²) in [4.78, 5) is 0. The predicted octanol–water partition coefficient (Wildman–Crippen LogP) is 2.92. The van der Waals surface area contributed by atoms with Crippen molar-refractivity contribution in [2.24, 2.45) is 0 Å². The standard InChI is InChI=1S/C8H14/c1-4-7-8(5-2)6-3/h5,7H,2,4,6H2,1,3H3/b8-7+. The number of hydrogen-bond acceptors (Lipinski definition) is 0. The van der Waals surface area contributed by atoms with Crippen LogP contribution in [0.4, 0.5) is 0 Å². The van der Waals surface area contributed by atoms with E-state index >= 15 is 0 Å². The minimum atomic E-state index is 1.11. The molecule has 0 saturated heterocycles. The van der Waals surface area contributed by atoms with Gasteiger partial charge in [-0.05, 0) is 12.8 Å². The van der Waals surface area contributed by atoms with E-state index in [4.69, 9.17) is 0 Å². The molecule has 0 aliphatic heterocycles. The van der Waals surface area contributed by atoms with Crippen molar-refractivity contribution in [2.75, 3.05) is 0 Å². The molecule has 0 aromatic heterocycles. The zero-order valence-electron chi connectivity index (χ0n) is 5.78. The Kier molecular flexibility index (Phi) is 4.33. The summed E-state index contributed by atoms with van der Waals surface area (Å²) in [5, 5.41) is 0. The van der Waals surface area contributed by atoms with Gasteiger partial charge in [-0.25, -0.2) is 0 Å². The summed E-state index contributed by atoms with van der Waals surface area (Å²) in [5.41, 5.74) is 1.35. The van der Waals surface area contributed by atoms with Gasteiger partial charge in [-0.2, -0.15) is 0 Å². The highest BCUT2D eigenvalue weighted by molar-refractivity contribution is 5.14. The quantitative estimate of drug-likeness (QED) is 0.490. The third-order valence-electron chi connectivity index (χ3n) is 1.14. The summed E-state index contributed by atoms with van der Waals surface area (Å²) in [5.74, 6) is 0. The SMILES string of the molecule is C=C/C(=C\CC)CC. The van der Waals surface area contributed by atoms with Crippen molar-refractivity contribution in [3.63, 3.8) is 0 Å². The van der Waals surface area contributed by atoms with Crippen LogP contribution in [-0.2, 0) is 0 Å². The fourth-order valence-electron chi connectivity index (χ4n) is 0.634. The summed E-state index contributed by atoms with van der Waals surface area (Å²) in [6, 6.07) is 0. The lowest BCUT2D eigenvalue weighted by Crippen LogP contribution is -1.70. The molecule has 0 aliphatic carbocycles. The third-order valence-corrected chi connectivity index (χ3v) is 1.14. The molecule has 0 N–H and O–H groups in total. The zero-order chi connectivity index (χ0) is 6.41. The molecule has 0 aliphatic rings. The van der Waals surface area contributed by atoms with Crippen LogP contribution in [0.3, 0.4) is 0 Å². The molecule has 0 nitrogen and oxygen atoms in total. The molecular weight excluding hydrogens is 96.1 g/mol. The maximum atomic E-state index is 3.68. The Morgan fingerprint density at radius 3 is 2.25 bits per heavy atom. The average Bonchev–Trinajstić information content (AvgIpc) is 1.83. The van der Waals surface area contributed by atoms with Crippen LogP contribution in [-0.4, -0.2) is 0 Å². The van der Waals surface area contributed by atoms with Gasteiger partial charge in [-0.15, -0.1) is 0 Å². The highest BCUT2D eigenvalue weighted by atomic mass is 13.9. The number of allylic oxidation sites excluding steroid dienone is 3. The lowest BCUT2D eigenvalue weighted by atomic mass is 10.2. The van der Waals surface area contributed by atoms with Crippen LogP contribution >= 0.6 is 0 Å². The van der Waals surface area contributed by atoms with Crippen molar-refractivity contribution in [1.29, 1.82) is 0 Å². The van der Waals surface area contributed by atoms with E-state index < -0.39 is 0 Å². The highest BCUT2D eigenvalue weighted by Gasteiger charge is 1.80. The monoisotopic (exact) mass is 110 g/mol. The van der Waals surface area contributed by atoms with Gasteiger partial charge in [0.1, 0.15) is 0 Å². The Balaban J connectivity index is 3.66. The van der Waals surface area contributed by atoms with Crippen molar-refractivity contribution < 1.29 is 0 Å². The Morgan fingerprint density at radius 2 is 2.12 bits per heavy atom. The first-order chi connectivity index (χ1) is 3.85. The molecule has 0 radical (unpaired) electrons. The van der Waals surface area contributed by atoms with Gasteiger partial charge in [0, 0.05) is 0 Å². The zero-order valence-corrected chi connectivity index (χ0v) is 5.78. The Hall–Kier alpha value is -0.520. The van der Waals surface area contributed by atoms with Crippen LogP contribution in [0.15, 0.2) is 24.3 Å². The van der Waals surface area contributed by atoms with E-state index in [0.29, 0.717) is 0 Å². The molecule has 0 amide bonds. The van der Waals surface area contributed by atoms with Gasteiger partial charge in [0.15, 0.2) is 0 Å². The van der Waals surface area contributed by atoms with Crippen molar-refractivity contribution in [3.8, 4) is 0 Å². The van der Waals surface area contributed by atoms with Gasteiger partial charge < -0.3 is 0 Å². The van der Waals surface area contributed by atoms with Crippen molar-refractivity contribution in [2.45, 2.75) is 26.7 Å². The second kappa shape index (κ2) is 4.63. The molecule has 0 bridgehead atoms. The average molecular weight is 110 g/mol. The summed E-state index contributed by atoms with van der Waals surface area (Å²) < 4.78 is 0. The van der Waals surface area contributed by atoms with Gasteiger partial charge in [0.05, 0.1) is 0 Å². The molecule has 0 rings (SSSR count). The fraction of sp³-hybridized carbons (Fsp3) is 0.500. The second-order valence-corrected chi connectivity index (χ2v) is 1.74. The van der Waals surface area contributed by atoms with E-state index in [2.05, 4.69) is 26.5 Å². The van der Waals surface area contributed by atoms with Gasteiger partial charge in [0.2, 0.25) is 0 Å². The minimum absolute atomic E-state index is 1.11. The van der Waals surface area contributed by atoms with E-state index in [9.17, 15) is 0 Å². The molecule has 0 unspecified atom stereocenters. The molecule has 0 atom stereocenters. The maximum absolute atomic E-state index is 3.68. The summed E-state index contributed by atoms with van der Waals surface area (Å²) in [6.45, 7) is 7.96. The molecule has 0 aromatic carbocycles. The molecule has 0 spiro atoms. The van der Waals surface area contributed by atoms with Crippen molar-refractivity contribution in [1.82, 2.24) is 0 Å². The molecule has 0 saturated carbocycles. The molecular formula is C8H14. The lowest BCUT2D eigenvalue weighted by molar-refractivity contribution is 1.10. The Bertz CT molecular complexity index is 88.2. The van der Waals surface area contributed by atoms with E-state index in [0.717, 1.165) is 12.8 Å². The van der Waals surface area contributed by atoms with Crippen molar-refractivity contribution in [3.05, 3.63) is 24.3 Å². The minimum Gasteiger partial charge on any atom is -0.0988 e. The van der Waals surface area contributed by atoms with Crippen LogP contribution < -0.4 is 0 Å². The summed E-state index contributed by atoms with van der Waals surface area (Å²) >= 11 is 0. The molecule has 0 heterocycles. The Morgan fingerprint density at radius 1 is 1.50 bits per heavy atom. The van der Waals surface area contributed by atoms with E-state index in [-0.39, 0.29) is 0 Å². The van der Waals surface area contributed by atoms with Gasteiger partial charge in [-0.1, -0.05) is 38.2 Å². The summed E-state index contributed by atoms with van der Waals surface area (Å²) in [6.07, 6.45) is 6.35. The smallest absolute Gasteiger partial charge is 0.0311 e. The topological polar surface area (TPSA) is 0 Å². The number of rotatable bonds is 3. The predicted molar refractivity (Wildman–Crippen MR) is 38.9 cm³/mol. The summed E-state index contributed by atoms with van der Waals surface area (Å²) in [7, 11) is 0. The first kappa shape index (κ1) is 7.48. The fourth-order valence-corrected chi connectivity index (χ4v) is 0.634. The van der Waals surface area contributed by atoms with E-state index in [1.54, 1.807) is 0 Å². The first-order valence-electron chi connectivity index (χ1n) is 3.16. The molecule has 0 heteroatoms. The first-order valence-corrected chi connectivity index (χ1v) is 3.16. The highest BCUT2D eigenvalue weighted by Crippen LogP contribution is 2.01. The van der Waals surface area contributed by atoms with Gasteiger partial charge in [0.25, 0.3) is 0 Å². The van der Waals surface area contributed by atoms with Crippen LogP contribution in [0.2, 0.25) is 0 Å². The maximum Gasteiger partial charge on any atom is -0.0311 e. The largest absolute Gasteiger partial charge is 0.0988 e.